The van der Waals surface area contributed by atoms with Crippen LogP contribution in [0.3, 0.4) is 0 Å². The number of thioether (sulfide) groups is 1. The lowest BCUT2D eigenvalue weighted by Crippen LogP contribution is -2.36. The molecule has 3 heteroatoms. The molecule has 0 saturated heterocycles. The normalized spacial score (nSPS) is 23.7. The topological polar surface area (TPSA) is 9.23 Å². The van der Waals surface area contributed by atoms with E-state index in [9.17, 15) is 0 Å². The fourth-order valence-corrected chi connectivity index (χ4v) is 13.8. The average Bonchev–Trinajstić information content (AvgIpc) is 2.77. The highest BCUT2D eigenvalue weighted by molar-refractivity contribution is 8.07. The van der Waals surface area contributed by atoms with Crippen LogP contribution in [-0.2, 0) is 0 Å². The van der Waals surface area contributed by atoms with Gasteiger partial charge in [0.2, 0.25) is 0 Å². The van der Waals surface area contributed by atoms with Crippen molar-refractivity contribution >= 4 is 19.7 Å². The highest BCUT2D eigenvalue weighted by Gasteiger charge is 2.47. The minimum Gasteiger partial charge on any atom is -0.490 e. The molecule has 0 atom stereocenters. The molecule has 3 saturated carbocycles. The maximum Gasteiger partial charge on any atom is 0.133 e. The van der Waals surface area contributed by atoms with E-state index in [0.717, 1.165) is 17.1 Å². The van der Waals surface area contributed by atoms with Gasteiger partial charge in [0.1, 0.15) is 5.75 Å². The number of para-hydroxylation sites is 1. The predicted octanol–water partition coefficient (Wildman–Crippen LogP) is 9.37. The first-order valence-electron chi connectivity index (χ1n) is 12.9. The third-order valence-electron chi connectivity index (χ3n) is 7.55. The Morgan fingerprint density at radius 1 is 0.800 bits per heavy atom. The first kappa shape index (κ1) is 23.0. The Morgan fingerprint density at radius 3 is 1.90 bits per heavy atom. The van der Waals surface area contributed by atoms with E-state index < -0.39 is 0 Å². The lowest BCUT2D eigenvalue weighted by atomic mass is 9.98. The van der Waals surface area contributed by atoms with Crippen LogP contribution in [0.15, 0.2) is 29.2 Å². The molecular formula is C27H43OPS. The van der Waals surface area contributed by atoms with Gasteiger partial charge >= 0.3 is 0 Å². The van der Waals surface area contributed by atoms with Gasteiger partial charge in [-0.25, -0.2) is 0 Å². The van der Waals surface area contributed by atoms with Gasteiger partial charge in [0.15, 0.2) is 0 Å². The van der Waals surface area contributed by atoms with Crippen LogP contribution < -0.4 is 4.74 Å². The molecule has 0 aliphatic heterocycles. The molecule has 0 bridgehead atoms. The fourth-order valence-electron chi connectivity index (χ4n) is 6.29. The third kappa shape index (κ3) is 5.58. The van der Waals surface area contributed by atoms with Crippen molar-refractivity contribution in [2.24, 2.45) is 0 Å². The van der Waals surface area contributed by atoms with E-state index in [4.69, 9.17) is 4.74 Å². The maximum atomic E-state index is 6.29. The number of rotatable bonds is 7. The van der Waals surface area contributed by atoms with Crippen molar-refractivity contribution in [3.05, 3.63) is 24.3 Å². The van der Waals surface area contributed by atoms with E-state index >= 15 is 0 Å². The van der Waals surface area contributed by atoms with Gasteiger partial charge in [-0.3, -0.25) is 0 Å². The van der Waals surface area contributed by atoms with Crippen molar-refractivity contribution in [1.29, 1.82) is 0 Å². The quantitative estimate of drug-likeness (QED) is 0.386. The zero-order valence-electron chi connectivity index (χ0n) is 19.4. The zero-order valence-corrected chi connectivity index (χ0v) is 21.1. The SMILES string of the molecule is CC(C)Oc1ccccc1SC1(P(C2CCCCC2)C2CCCCC2)CCCCC1. The van der Waals surface area contributed by atoms with Crippen LogP contribution in [0.4, 0.5) is 0 Å². The highest BCUT2D eigenvalue weighted by atomic mass is 32.2. The Morgan fingerprint density at radius 2 is 1.33 bits per heavy atom. The van der Waals surface area contributed by atoms with Crippen molar-refractivity contribution < 1.29 is 4.74 Å². The van der Waals surface area contributed by atoms with Crippen molar-refractivity contribution in [2.75, 3.05) is 0 Å². The van der Waals surface area contributed by atoms with Crippen LogP contribution in [0.25, 0.3) is 0 Å². The molecule has 168 valence electrons. The molecule has 3 aliphatic rings. The second-order valence-electron chi connectivity index (χ2n) is 10.2. The van der Waals surface area contributed by atoms with Gasteiger partial charge < -0.3 is 4.74 Å². The minimum absolute atomic E-state index is 0.0516. The van der Waals surface area contributed by atoms with Crippen molar-refractivity contribution in [3.63, 3.8) is 0 Å². The summed E-state index contributed by atoms with van der Waals surface area (Å²) >= 11 is 2.28. The molecule has 1 nitrogen and oxygen atoms in total. The predicted molar refractivity (Wildman–Crippen MR) is 135 cm³/mol. The fraction of sp³-hybridized carbons (Fsp3) is 0.778. The summed E-state index contributed by atoms with van der Waals surface area (Å²) < 4.78 is 6.78. The molecule has 0 radical (unpaired) electrons. The summed E-state index contributed by atoms with van der Waals surface area (Å²) in [5.41, 5.74) is 2.06. The minimum atomic E-state index is 0.0516. The first-order chi connectivity index (χ1) is 14.7. The van der Waals surface area contributed by atoms with E-state index in [1.807, 2.05) is 0 Å². The van der Waals surface area contributed by atoms with E-state index in [1.165, 1.54) is 101 Å². The molecule has 4 rings (SSSR count). The van der Waals surface area contributed by atoms with E-state index in [1.54, 1.807) is 0 Å². The molecular weight excluding hydrogens is 403 g/mol. The van der Waals surface area contributed by atoms with Gasteiger partial charge in [0.25, 0.3) is 0 Å². The number of ether oxygens (including phenoxy) is 1. The monoisotopic (exact) mass is 446 g/mol. The van der Waals surface area contributed by atoms with Gasteiger partial charge in [0, 0.05) is 4.49 Å². The summed E-state index contributed by atoms with van der Waals surface area (Å²) in [6.07, 6.45) is 22.5. The summed E-state index contributed by atoms with van der Waals surface area (Å²) in [4.78, 5) is 1.42. The Labute approximate surface area is 191 Å². The van der Waals surface area contributed by atoms with Gasteiger partial charge in [-0.05, 0) is 75.8 Å². The van der Waals surface area contributed by atoms with Crippen LogP contribution in [0.1, 0.15) is 110 Å². The van der Waals surface area contributed by atoms with Gasteiger partial charge in [-0.15, -0.1) is 11.8 Å². The average molecular weight is 447 g/mol. The van der Waals surface area contributed by atoms with Crippen molar-refractivity contribution in [3.8, 4) is 5.75 Å². The second kappa shape index (κ2) is 11.1. The van der Waals surface area contributed by atoms with Gasteiger partial charge in [-0.1, -0.05) is 77.8 Å². The highest BCUT2D eigenvalue weighted by Crippen LogP contribution is 2.72. The second-order valence-corrected chi connectivity index (χ2v) is 15.1. The lowest BCUT2D eigenvalue weighted by molar-refractivity contribution is 0.236. The number of hydrogen-bond acceptors (Lipinski definition) is 2. The van der Waals surface area contributed by atoms with Crippen LogP contribution in [-0.4, -0.2) is 21.9 Å². The van der Waals surface area contributed by atoms with Crippen LogP contribution in [0, 0.1) is 0 Å². The van der Waals surface area contributed by atoms with Gasteiger partial charge in [-0.2, -0.15) is 0 Å². The standard InChI is InChI=1S/C27H43OPS/c1-22(2)28-25-18-10-11-19-26(25)30-27(20-12-5-13-21-27)29(23-14-6-3-7-15-23)24-16-8-4-9-17-24/h10-11,18-19,22-24H,3-9,12-17,20-21H2,1-2H3. The smallest absolute Gasteiger partial charge is 0.133 e. The van der Waals surface area contributed by atoms with Crippen molar-refractivity contribution in [2.45, 2.75) is 137 Å². The molecule has 0 aromatic heterocycles. The molecule has 3 fully saturated rings. The molecule has 1 aromatic carbocycles. The Bertz CT molecular complexity index is 624. The van der Waals surface area contributed by atoms with E-state index in [-0.39, 0.29) is 14.0 Å². The molecule has 0 unspecified atom stereocenters. The molecule has 0 heterocycles. The van der Waals surface area contributed by atoms with E-state index in [2.05, 4.69) is 49.9 Å². The summed E-state index contributed by atoms with van der Waals surface area (Å²) in [6, 6.07) is 8.95. The lowest BCUT2D eigenvalue weighted by Gasteiger charge is -2.52. The molecule has 0 N–H and O–H groups in total. The zero-order chi connectivity index (χ0) is 20.8. The number of hydrogen-bond donors (Lipinski definition) is 0. The van der Waals surface area contributed by atoms with Gasteiger partial charge in [0.05, 0.1) is 11.0 Å². The third-order valence-corrected chi connectivity index (χ3v) is 13.8. The molecule has 3 aliphatic carbocycles. The number of benzene rings is 1. The summed E-state index contributed by atoms with van der Waals surface area (Å²) in [5, 5.41) is 0. The summed E-state index contributed by atoms with van der Waals surface area (Å²) in [7, 11) is 0.0516. The van der Waals surface area contributed by atoms with Crippen molar-refractivity contribution in [1.82, 2.24) is 0 Å². The van der Waals surface area contributed by atoms with E-state index in [0.29, 0.717) is 4.49 Å². The Balaban J connectivity index is 1.67. The Kier molecular flexibility index (Phi) is 8.49. The van der Waals surface area contributed by atoms with Crippen LogP contribution in [0.5, 0.6) is 5.75 Å². The maximum absolute atomic E-state index is 6.29. The Hall–Kier alpha value is -0.200. The molecule has 30 heavy (non-hydrogen) atoms. The first-order valence-corrected chi connectivity index (χ1v) is 15.2. The summed E-state index contributed by atoms with van der Waals surface area (Å²) in [6.45, 7) is 4.32. The van der Waals surface area contributed by atoms with Crippen LogP contribution in [0.2, 0.25) is 0 Å². The largest absolute Gasteiger partial charge is 0.490 e. The molecule has 0 spiro atoms. The molecule has 0 amide bonds. The summed E-state index contributed by atoms with van der Waals surface area (Å²) in [5.74, 6) is 1.13. The van der Waals surface area contributed by atoms with Crippen LogP contribution >= 0.6 is 19.7 Å². The molecule has 1 aromatic rings.